The quantitative estimate of drug-likeness (QED) is 0.501. The van der Waals surface area contributed by atoms with Gasteiger partial charge in [-0.05, 0) is 71.9 Å². The Hall–Kier alpha value is -2.72. The number of thioether (sulfide) groups is 1. The molecule has 2 N–H and O–H groups in total. The van der Waals surface area contributed by atoms with Gasteiger partial charge in [-0.3, -0.25) is 9.69 Å². The van der Waals surface area contributed by atoms with Crippen molar-refractivity contribution in [3.05, 3.63) is 93.8 Å². The number of halogens is 1. The highest BCUT2D eigenvalue weighted by Gasteiger charge is 2.34. The smallest absolute Gasteiger partial charge is 0.268 e. The van der Waals surface area contributed by atoms with Gasteiger partial charge in [-0.15, -0.1) is 0 Å². The van der Waals surface area contributed by atoms with E-state index in [2.05, 4.69) is 20.9 Å². The lowest BCUT2D eigenvalue weighted by molar-refractivity contribution is -0.113. The van der Waals surface area contributed by atoms with Crippen LogP contribution < -0.4 is 10.0 Å². The molecule has 1 aliphatic heterocycles. The number of carbonyl (C=O) groups is 1. The molecular weight excluding hydrogens is 498 g/mol. The molecular formula is C22H16BrN3O3S2. The number of sulfonamides is 1. The van der Waals surface area contributed by atoms with Crippen molar-refractivity contribution >= 4 is 66.2 Å². The number of carbonyl (C=O) groups excluding carboxylic acids is 1. The van der Waals surface area contributed by atoms with Crippen LogP contribution in [0.2, 0.25) is 0 Å². The molecule has 4 rings (SSSR count). The van der Waals surface area contributed by atoms with Crippen molar-refractivity contribution in [2.45, 2.75) is 4.90 Å². The molecule has 3 aromatic carbocycles. The fourth-order valence-electron chi connectivity index (χ4n) is 2.88. The third kappa shape index (κ3) is 4.96. The van der Waals surface area contributed by atoms with E-state index in [1.165, 1.54) is 23.9 Å². The summed E-state index contributed by atoms with van der Waals surface area (Å²) in [6.07, 6.45) is 1.82. The minimum Gasteiger partial charge on any atom is -0.268 e. The number of aliphatic imine (C=N–C) groups is 1. The van der Waals surface area contributed by atoms with Crippen molar-refractivity contribution in [1.82, 2.24) is 0 Å². The van der Waals surface area contributed by atoms with Gasteiger partial charge in [-0.1, -0.05) is 46.3 Å². The third-order valence-corrected chi connectivity index (χ3v) is 6.81. The highest BCUT2D eigenvalue weighted by Crippen LogP contribution is 2.37. The first-order chi connectivity index (χ1) is 14.8. The second-order valence-corrected chi connectivity index (χ2v) is 10.1. The molecule has 0 spiro atoms. The van der Waals surface area contributed by atoms with E-state index in [1.807, 2.05) is 60.7 Å². The van der Waals surface area contributed by atoms with Crippen molar-refractivity contribution in [3.8, 4) is 0 Å². The maximum absolute atomic E-state index is 13.2. The fraction of sp³-hybridized carbons (Fsp3) is 0. The van der Waals surface area contributed by atoms with Gasteiger partial charge in [0.1, 0.15) is 0 Å². The van der Waals surface area contributed by atoms with E-state index in [4.69, 9.17) is 5.14 Å². The first-order valence-electron chi connectivity index (χ1n) is 9.07. The molecule has 1 fully saturated rings. The lowest BCUT2D eigenvalue weighted by Crippen LogP contribution is -2.28. The maximum atomic E-state index is 13.2. The van der Waals surface area contributed by atoms with Crippen LogP contribution in [-0.2, 0) is 14.8 Å². The van der Waals surface area contributed by atoms with Gasteiger partial charge in [0, 0.05) is 4.47 Å². The zero-order valence-corrected chi connectivity index (χ0v) is 19.2. The van der Waals surface area contributed by atoms with Gasteiger partial charge < -0.3 is 0 Å². The Morgan fingerprint density at radius 1 is 0.935 bits per heavy atom. The molecule has 1 aliphatic rings. The number of primary sulfonamides is 1. The summed E-state index contributed by atoms with van der Waals surface area (Å²) in [6.45, 7) is 0. The van der Waals surface area contributed by atoms with Crippen LogP contribution in [0.25, 0.3) is 6.08 Å². The molecule has 3 aromatic rings. The Bertz CT molecular complexity index is 1290. The van der Waals surface area contributed by atoms with Crippen molar-refractivity contribution in [2.24, 2.45) is 10.1 Å². The number of nitrogens with zero attached hydrogens (tertiary/aromatic N) is 2. The number of anilines is 1. The molecule has 1 heterocycles. The van der Waals surface area contributed by atoms with Crippen LogP contribution in [0.1, 0.15) is 5.56 Å². The normalized spacial score (nSPS) is 17.0. The van der Waals surface area contributed by atoms with Crippen molar-refractivity contribution in [1.29, 1.82) is 0 Å². The van der Waals surface area contributed by atoms with E-state index in [9.17, 15) is 13.2 Å². The number of para-hydroxylation sites is 1. The standard InChI is InChI=1S/C22H16BrN3O3S2/c23-16-8-6-15(7-9-16)14-20-21(27)26(18-4-2-1-3-5-18)22(30-20)25-17-10-12-19(13-11-17)31(24,28)29/h1-14H,(H2,24,28,29)/b20-14?,25-22-. The van der Waals surface area contributed by atoms with E-state index in [0.29, 0.717) is 21.4 Å². The molecule has 0 bridgehead atoms. The Morgan fingerprint density at radius 3 is 2.19 bits per heavy atom. The molecule has 0 radical (unpaired) electrons. The molecule has 156 valence electrons. The van der Waals surface area contributed by atoms with Gasteiger partial charge in [-0.25, -0.2) is 18.5 Å². The zero-order valence-electron chi connectivity index (χ0n) is 16.0. The van der Waals surface area contributed by atoms with E-state index < -0.39 is 10.0 Å². The summed E-state index contributed by atoms with van der Waals surface area (Å²) in [5, 5.41) is 5.63. The largest absolute Gasteiger partial charge is 0.271 e. The SMILES string of the molecule is NS(=O)(=O)c1ccc(/N=C2\SC(=Cc3ccc(Br)cc3)C(=O)N2c2ccccc2)cc1. The van der Waals surface area contributed by atoms with Crippen molar-refractivity contribution in [2.75, 3.05) is 4.90 Å². The molecule has 0 atom stereocenters. The predicted molar refractivity (Wildman–Crippen MR) is 129 cm³/mol. The van der Waals surface area contributed by atoms with Gasteiger partial charge in [-0.2, -0.15) is 0 Å². The summed E-state index contributed by atoms with van der Waals surface area (Å²) in [7, 11) is -3.79. The molecule has 1 amide bonds. The average Bonchev–Trinajstić information content (AvgIpc) is 3.04. The first-order valence-corrected chi connectivity index (χ1v) is 12.2. The second kappa shape index (κ2) is 8.80. The van der Waals surface area contributed by atoms with Crippen LogP contribution >= 0.6 is 27.7 Å². The van der Waals surface area contributed by atoms with Gasteiger partial charge in [0.05, 0.1) is 21.2 Å². The van der Waals surface area contributed by atoms with Crippen LogP contribution in [0.5, 0.6) is 0 Å². The summed E-state index contributed by atoms with van der Waals surface area (Å²) in [5.74, 6) is -0.181. The molecule has 9 heteroatoms. The molecule has 0 saturated carbocycles. The number of benzene rings is 3. The maximum Gasteiger partial charge on any atom is 0.271 e. The average molecular weight is 514 g/mol. The monoisotopic (exact) mass is 513 g/mol. The van der Waals surface area contributed by atoms with Crippen molar-refractivity contribution < 1.29 is 13.2 Å². The minimum atomic E-state index is -3.79. The van der Waals surface area contributed by atoms with E-state index >= 15 is 0 Å². The van der Waals surface area contributed by atoms with Gasteiger partial charge in [0.25, 0.3) is 5.91 Å². The third-order valence-electron chi connectivity index (χ3n) is 4.38. The molecule has 0 unspecified atom stereocenters. The fourth-order valence-corrected chi connectivity index (χ4v) is 4.67. The van der Waals surface area contributed by atoms with Gasteiger partial charge in [0.15, 0.2) is 5.17 Å². The lowest BCUT2D eigenvalue weighted by Gasteiger charge is -2.15. The van der Waals surface area contributed by atoms with Crippen LogP contribution in [0.15, 0.2) is 98.1 Å². The van der Waals surface area contributed by atoms with Crippen LogP contribution in [-0.4, -0.2) is 19.5 Å². The second-order valence-electron chi connectivity index (χ2n) is 6.57. The molecule has 0 aromatic heterocycles. The highest BCUT2D eigenvalue weighted by molar-refractivity contribution is 9.10. The Morgan fingerprint density at radius 2 is 1.58 bits per heavy atom. The first kappa shape index (κ1) is 21.5. The number of rotatable bonds is 4. The highest BCUT2D eigenvalue weighted by atomic mass is 79.9. The topological polar surface area (TPSA) is 92.8 Å². The Balaban J connectivity index is 1.74. The number of hydrogen-bond acceptors (Lipinski definition) is 5. The van der Waals surface area contributed by atoms with Crippen LogP contribution in [0, 0.1) is 0 Å². The molecule has 31 heavy (non-hydrogen) atoms. The molecule has 1 saturated heterocycles. The molecule has 6 nitrogen and oxygen atoms in total. The molecule has 0 aliphatic carbocycles. The van der Waals surface area contributed by atoms with Crippen LogP contribution in [0.3, 0.4) is 0 Å². The lowest BCUT2D eigenvalue weighted by atomic mass is 10.2. The summed E-state index contributed by atoms with van der Waals surface area (Å²) >= 11 is 4.67. The van der Waals surface area contributed by atoms with Gasteiger partial charge in [0.2, 0.25) is 10.0 Å². The predicted octanol–water partition coefficient (Wildman–Crippen LogP) is 4.91. The Kier molecular flexibility index (Phi) is 6.10. The minimum absolute atomic E-state index is 0.00217. The summed E-state index contributed by atoms with van der Waals surface area (Å²) in [6, 6.07) is 22.8. The summed E-state index contributed by atoms with van der Waals surface area (Å²) < 4.78 is 23.9. The van der Waals surface area contributed by atoms with Crippen LogP contribution in [0.4, 0.5) is 11.4 Å². The Labute approximate surface area is 192 Å². The van der Waals surface area contributed by atoms with E-state index in [-0.39, 0.29) is 10.8 Å². The summed E-state index contributed by atoms with van der Waals surface area (Å²) in [4.78, 5) is 19.9. The van der Waals surface area contributed by atoms with E-state index in [0.717, 1.165) is 10.0 Å². The van der Waals surface area contributed by atoms with Gasteiger partial charge >= 0.3 is 0 Å². The zero-order chi connectivity index (χ0) is 22.0. The number of amides is 1. The number of amidine groups is 1. The number of hydrogen-bond donors (Lipinski definition) is 1. The van der Waals surface area contributed by atoms with Crippen molar-refractivity contribution in [3.63, 3.8) is 0 Å². The number of nitrogens with two attached hydrogens (primary N) is 1. The van der Waals surface area contributed by atoms with E-state index in [1.54, 1.807) is 17.0 Å². The summed E-state index contributed by atoms with van der Waals surface area (Å²) in [5.41, 5.74) is 2.10.